The van der Waals surface area contributed by atoms with Gasteiger partial charge in [0.2, 0.25) is 0 Å². The Bertz CT molecular complexity index is 246. The molecule has 0 aromatic heterocycles. The van der Waals surface area contributed by atoms with Crippen molar-refractivity contribution < 1.29 is 21.6 Å². The number of rotatable bonds is 1. The van der Waals surface area contributed by atoms with Crippen LogP contribution in [0.15, 0.2) is 0 Å². The van der Waals surface area contributed by atoms with Gasteiger partial charge in [-0.3, -0.25) is 0 Å². The molecule has 0 saturated heterocycles. The fourth-order valence-electron chi connectivity index (χ4n) is 0.135. The Morgan fingerprint density at radius 3 is 1.90 bits per heavy atom. The van der Waals surface area contributed by atoms with E-state index >= 15 is 0 Å². The van der Waals surface area contributed by atoms with Crippen molar-refractivity contribution in [3.63, 3.8) is 0 Å². The highest BCUT2D eigenvalue weighted by atomic mass is 32.2. The largest absolute Gasteiger partial charge is 0.517 e. The Kier molecular flexibility index (Phi) is 2.17. The number of sulfonamides is 1. The minimum absolute atomic E-state index is 0.837. The zero-order valence-electron chi connectivity index (χ0n) is 4.44. The summed E-state index contributed by atoms with van der Waals surface area (Å²) >= 11 is 0. The number of hydrogen-bond donors (Lipinski definition) is 1. The van der Waals surface area contributed by atoms with Crippen molar-refractivity contribution >= 4 is 10.0 Å². The highest BCUT2D eigenvalue weighted by Gasteiger charge is 2.45. The molecule has 7 heteroatoms. The topological polar surface area (TPSA) is 46.2 Å². The van der Waals surface area contributed by atoms with Crippen LogP contribution in [0.4, 0.5) is 13.2 Å². The first-order valence-corrected chi connectivity index (χ1v) is 3.33. The second-order valence-electron chi connectivity index (χ2n) is 1.20. The third-order valence-electron chi connectivity index (χ3n) is 0.498. The van der Waals surface area contributed by atoms with Gasteiger partial charge in [0.25, 0.3) is 0 Å². The van der Waals surface area contributed by atoms with Crippen molar-refractivity contribution in [3.05, 3.63) is 0 Å². The van der Waals surface area contributed by atoms with Crippen LogP contribution in [-0.2, 0) is 10.0 Å². The number of hydrogen-bond acceptors (Lipinski definition) is 2. The van der Waals surface area contributed by atoms with Crippen LogP contribution in [0.3, 0.4) is 0 Å². The van der Waals surface area contributed by atoms with Crippen molar-refractivity contribution in [2.24, 2.45) is 0 Å². The molecule has 0 aliphatic carbocycles. The summed E-state index contributed by atoms with van der Waals surface area (Å²) in [5.74, 6) is 0. The van der Waals surface area contributed by atoms with Gasteiger partial charge in [0.05, 0.1) is 0 Å². The van der Waals surface area contributed by atoms with E-state index in [4.69, 9.17) is 0 Å². The summed E-state index contributed by atoms with van der Waals surface area (Å²) in [6.45, 7) is 0. The second kappa shape index (κ2) is 2.38. The number of nitrogens with one attached hydrogen (secondary N) is 1. The van der Waals surface area contributed by atoms with E-state index in [2.05, 4.69) is 6.42 Å². The molecule has 0 radical (unpaired) electrons. The van der Waals surface area contributed by atoms with Gasteiger partial charge in [0.15, 0.2) is 0 Å². The predicted octanol–water partition coefficient (Wildman–Crippen LogP) is 0.0163. The van der Waals surface area contributed by atoms with Gasteiger partial charge in [-0.15, -0.1) is 0 Å². The first-order chi connectivity index (χ1) is 4.31. The summed E-state index contributed by atoms with van der Waals surface area (Å²) in [6.07, 6.45) is 4.27. The molecule has 0 saturated carbocycles. The van der Waals surface area contributed by atoms with E-state index in [1.807, 2.05) is 0 Å². The van der Waals surface area contributed by atoms with Crippen LogP contribution >= 0.6 is 0 Å². The average molecular weight is 173 g/mol. The third kappa shape index (κ3) is 1.80. The molecule has 3 nitrogen and oxygen atoms in total. The number of alkyl halides is 3. The summed E-state index contributed by atoms with van der Waals surface area (Å²) in [7, 11) is -5.33. The van der Waals surface area contributed by atoms with E-state index < -0.39 is 15.5 Å². The van der Waals surface area contributed by atoms with Crippen LogP contribution in [0.25, 0.3) is 0 Å². The van der Waals surface area contributed by atoms with Gasteiger partial charge in [0, 0.05) is 6.04 Å². The number of halogens is 3. The SMILES string of the molecule is C#CNS(=O)(=O)C(F)(F)F. The maximum absolute atomic E-state index is 11.3. The van der Waals surface area contributed by atoms with Crippen molar-refractivity contribution in [1.29, 1.82) is 0 Å². The lowest BCUT2D eigenvalue weighted by Gasteiger charge is -2.03. The van der Waals surface area contributed by atoms with Gasteiger partial charge >= 0.3 is 15.5 Å². The zero-order valence-corrected chi connectivity index (χ0v) is 5.25. The molecule has 0 amide bonds. The summed E-state index contributed by atoms with van der Waals surface area (Å²) in [5.41, 5.74) is -5.33. The molecule has 0 rings (SSSR count). The van der Waals surface area contributed by atoms with E-state index in [0.717, 1.165) is 10.8 Å². The van der Waals surface area contributed by atoms with Crippen LogP contribution in [-0.4, -0.2) is 13.9 Å². The van der Waals surface area contributed by atoms with E-state index in [0.29, 0.717) is 0 Å². The molecular formula is C3H2F3NO2S. The van der Waals surface area contributed by atoms with Crippen molar-refractivity contribution in [2.45, 2.75) is 5.51 Å². The second-order valence-corrected chi connectivity index (χ2v) is 2.87. The zero-order chi connectivity index (χ0) is 8.41. The Morgan fingerprint density at radius 1 is 1.40 bits per heavy atom. The monoisotopic (exact) mass is 173 g/mol. The maximum atomic E-state index is 11.3. The van der Waals surface area contributed by atoms with Crippen LogP contribution in [0.2, 0.25) is 0 Å². The Hall–Kier alpha value is -0.900. The first-order valence-electron chi connectivity index (χ1n) is 1.85. The molecule has 0 aliphatic rings. The molecule has 0 aromatic carbocycles. The lowest BCUT2D eigenvalue weighted by molar-refractivity contribution is -0.0443. The molecule has 0 bridgehead atoms. The molecule has 0 atom stereocenters. The molecular weight excluding hydrogens is 171 g/mol. The van der Waals surface area contributed by atoms with Gasteiger partial charge in [-0.25, -0.2) is 4.72 Å². The van der Waals surface area contributed by atoms with E-state index in [1.54, 1.807) is 0 Å². The van der Waals surface area contributed by atoms with Crippen LogP contribution in [0, 0.1) is 12.5 Å². The fourth-order valence-corrected chi connectivity index (χ4v) is 0.406. The smallest absolute Gasteiger partial charge is 0.234 e. The minimum atomic E-state index is -5.33. The van der Waals surface area contributed by atoms with Gasteiger partial charge < -0.3 is 0 Å². The lowest BCUT2D eigenvalue weighted by atomic mass is 11.2. The van der Waals surface area contributed by atoms with Crippen LogP contribution < -0.4 is 4.72 Å². The van der Waals surface area contributed by atoms with Gasteiger partial charge in [-0.1, -0.05) is 6.42 Å². The normalized spacial score (nSPS) is 12.2. The Balaban J connectivity index is 4.65. The van der Waals surface area contributed by atoms with Crippen molar-refractivity contribution in [1.82, 2.24) is 4.72 Å². The molecule has 10 heavy (non-hydrogen) atoms. The van der Waals surface area contributed by atoms with Crippen LogP contribution in [0.1, 0.15) is 0 Å². The summed E-state index contributed by atoms with van der Waals surface area (Å²) < 4.78 is 54.4. The van der Waals surface area contributed by atoms with E-state index in [9.17, 15) is 21.6 Å². The molecule has 58 valence electrons. The lowest BCUT2D eigenvalue weighted by Crippen LogP contribution is -2.33. The quantitative estimate of drug-likeness (QED) is 0.448. The highest BCUT2D eigenvalue weighted by Crippen LogP contribution is 2.20. The summed E-state index contributed by atoms with van der Waals surface area (Å²) in [6, 6.07) is 1.16. The Morgan fingerprint density at radius 2 is 1.80 bits per heavy atom. The summed E-state index contributed by atoms with van der Waals surface area (Å²) in [5, 5.41) is 0. The van der Waals surface area contributed by atoms with E-state index in [1.165, 1.54) is 0 Å². The maximum Gasteiger partial charge on any atom is 0.517 e. The standard InChI is InChI=1S/C3H2F3NO2S/c1-2-7-10(8,9)3(4,5)6/h1,7H. The first kappa shape index (κ1) is 9.10. The van der Waals surface area contributed by atoms with Crippen molar-refractivity contribution in [3.8, 4) is 12.5 Å². The van der Waals surface area contributed by atoms with Crippen molar-refractivity contribution in [2.75, 3.05) is 0 Å². The fraction of sp³-hybridized carbons (Fsp3) is 0.333. The highest BCUT2D eigenvalue weighted by molar-refractivity contribution is 7.90. The van der Waals surface area contributed by atoms with E-state index in [-0.39, 0.29) is 0 Å². The van der Waals surface area contributed by atoms with Gasteiger partial charge in [0.1, 0.15) is 0 Å². The average Bonchev–Trinajstić information content (AvgIpc) is 1.61. The Labute approximate surface area is 55.3 Å². The van der Waals surface area contributed by atoms with Gasteiger partial charge in [-0.2, -0.15) is 21.6 Å². The molecule has 0 aromatic rings. The molecule has 0 spiro atoms. The van der Waals surface area contributed by atoms with Crippen LogP contribution in [0.5, 0.6) is 0 Å². The third-order valence-corrected chi connectivity index (χ3v) is 1.49. The molecule has 0 aliphatic heterocycles. The minimum Gasteiger partial charge on any atom is -0.234 e. The predicted molar refractivity (Wildman–Crippen MR) is 26.9 cm³/mol. The molecule has 0 fully saturated rings. The molecule has 0 heterocycles. The summed E-state index contributed by atoms with van der Waals surface area (Å²) in [4.78, 5) is 0. The van der Waals surface area contributed by atoms with Gasteiger partial charge in [-0.05, 0) is 0 Å². The molecule has 0 unspecified atom stereocenters. The number of terminal acetylenes is 1. The molecule has 1 N–H and O–H groups in total.